The summed E-state index contributed by atoms with van der Waals surface area (Å²) in [7, 11) is -3.85. The fraction of sp³-hybridized carbons (Fsp3) is 0.174. The van der Waals surface area contributed by atoms with Crippen LogP contribution in [0.4, 0.5) is 14.5 Å². The highest BCUT2D eigenvalue weighted by molar-refractivity contribution is 7.92. The van der Waals surface area contributed by atoms with E-state index in [9.17, 15) is 22.0 Å². The third kappa shape index (κ3) is 4.43. The number of halogens is 2. The van der Waals surface area contributed by atoms with Crippen LogP contribution in [0.15, 0.2) is 77.7 Å². The Morgan fingerprint density at radius 1 is 1.03 bits per heavy atom. The molecule has 6 nitrogen and oxygen atoms in total. The lowest BCUT2D eigenvalue weighted by molar-refractivity contribution is -0.0504. The lowest BCUT2D eigenvalue weighted by Crippen LogP contribution is -2.29. The van der Waals surface area contributed by atoms with Gasteiger partial charge in [-0.15, -0.1) is 0 Å². The van der Waals surface area contributed by atoms with Crippen molar-refractivity contribution >= 4 is 21.6 Å². The molecule has 166 valence electrons. The van der Waals surface area contributed by atoms with Crippen LogP contribution >= 0.6 is 0 Å². The van der Waals surface area contributed by atoms with Crippen molar-refractivity contribution in [2.75, 3.05) is 10.8 Å². The van der Waals surface area contributed by atoms with Gasteiger partial charge < -0.3 is 10.1 Å². The van der Waals surface area contributed by atoms with Crippen molar-refractivity contribution in [1.29, 1.82) is 0 Å². The Balaban J connectivity index is 1.52. The van der Waals surface area contributed by atoms with Gasteiger partial charge in [0.05, 0.1) is 10.6 Å². The summed E-state index contributed by atoms with van der Waals surface area (Å²) in [5.74, 6) is -0.567. The molecular formula is C23H20F2N2O4S. The van der Waals surface area contributed by atoms with E-state index < -0.39 is 22.5 Å². The molecule has 1 aliphatic rings. The molecule has 4 rings (SSSR count). The average Bonchev–Trinajstić information content (AvgIpc) is 3.23. The SMILES string of the molecule is O=C(NCc1ccccc1OC(F)F)c1cccc(S(=O)(=O)N2CCc3ccccc32)c1. The number of nitrogens with zero attached hydrogens (tertiary/aromatic N) is 1. The Hall–Kier alpha value is -3.46. The summed E-state index contributed by atoms with van der Waals surface area (Å²) in [6, 6.07) is 19.2. The third-order valence-electron chi connectivity index (χ3n) is 5.16. The van der Waals surface area contributed by atoms with E-state index in [-0.39, 0.29) is 22.8 Å². The predicted octanol–water partition coefficient (Wildman–Crippen LogP) is 3.97. The molecule has 1 heterocycles. The number of sulfonamides is 1. The number of alkyl halides is 2. The molecule has 0 unspecified atom stereocenters. The number of para-hydroxylation sites is 2. The Kier molecular flexibility index (Phi) is 6.09. The molecule has 0 aromatic heterocycles. The largest absolute Gasteiger partial charge is 0.434 e. The second-order valence-electron chi connectivity index (χ2n) is 7.15. The summed E-state index contributed by atoms with van der Waals surface area (Å²) in [4.78, 5) is 12.6. The number of nitrogens with one attached hydrogen (secondary N) is 1. The molecule has 32 heavy (non-hydrogen) atoms. The molecule has 0 bridgehead atoms. The maximum absolute atomic E-state index is 13.2. The smallest absolute Gasteiger partial charge is 0.387 e. The van der Waals surface area contributed by atoms with Crippen LogP contribution in [0, 0.1) is 0 Å². The van der Waals surface area contributed by atoms with Gasteiger partial charge in [0.2, 0.25) is 0 Å². The van der Waals surface area contributed by atoms with Crippen LogP contribution in [-0.4, -0.2) is 27.5 Å². The zero-order chi connectivity index (χ0) is 22.7. The lowest BCUT2D eigenvalue weighted by Gasteiger charge is -2.20. The predicted molar refractivity (Wildman–Crippen MR) is 115 cm³/mol. The molecule has 0 atom stereocenters. The van der Waals surface area contributed by atoms with E-state index in [1.165, 1.54) is 34.6 Å². The summed E-state index contributed by atoms with van der Waals surface area (Å²) in [5, 5.41) is 2.62. The van der Waals surface area contributed by atoms with Crippen molar-refractivity contribution in [3.8, 4) is 5.75 Å². The van der Waals surface area contributed by atoms with Gasteiger partial charge in [-0.05, 0) is 42.3 Å². The fourth-order valence-electron chi connectivity index (χ4n) is 3.62. The molecule has 0 aliphatic carbocycles. The summed E-state index contributed by atoms with van der Waals surface area (Å²) in [6.45, 7) is -2.71. The van der Waals surface area contributed by atoms with E-state index in [0.717, 1.165) is 5.56 Å². The van der Waals surface area contributed by atoms with Gasteiger partial charge >= 0.3 is 6.61 Å². The number of ether oxygens (including phenoxy) is 1. The maximum atomic E-state index is 13.2. The van der Waals surface area contributed by atoms with Crippen LogP contribution < -0.4 is 14.4 Å². The van der Waals surface area contributed by atoms with E-state index in [2.05, 4.69) is 10.1 Å². The molecule has 3 aromatic carbocycles. The average molecular weight is 458 g/mol. The number of amides is 1. The molecule has 3 aromatic rings. The Bertz CT molecular complexity index is 1250. The molecule has 0 saturated heterocycles. The molecule has 0 radical (unpaired) electrons. The minimum Gasteiger partial charge on any atom is -0.434 e. The standard InChI is InChI=1S/C23H20F2N2O4S/c24-23(25)31-21-11-4-2-7-18(21)15-26-22(28)17-8-5-9-19(14-17)32(29,30)27-13-12-16-6-1-3-10-20(16)27/h1-11,14,23H,12-13,15H2,(H,26,28). The number of anilines is 1. The normalized spacial score (nSPS) is 13.2. The van der Waals surface area contributed by atoms with Gasteiger partial charge in [0.1, 0.15) is 5.75 Å². The van der Waals surface area contributed by atoms with Crippen LogP contribution in [0.5, 0.6) is 5.75 Å². The summed E-state index contributed by atoms with van der Waals surface area (Å²) < 4.78 is 57.4. The summed E-state index contributed by atoms with van der Waals surface area (Å²) in [5.41, 5.74) is 2.11. The quantitative estimate of drug-likeness (QED) is 0.581. The fourth-order valence-corrected chi connectivity index (χ4v) is 5.17. The zero-order valence-corrected chi connectivity index (χ0v) is 17.7. The van der Waals surface area contributed by atoms with Crippen LogP contribution in [0.25, 0.3) is 0 Å². The monoisotopic (exact) mass is 458 g/mol. The Labute approximate surface area is 184 Å². The first-order valence-corrected chi connectivity index (χ1v) is 11.3. The molecule has 9 heteroatoms. The van der Waals surface area contributed by atoms with Gasteiger partial charge in [-0.2, -0.15) is 8.78 Å². The topological polar surface area (TPSA) is 75.7 Å². The minimum atomic E-state index is -3.85. The van der Waals surface area contributed by atoms with Crippen LogP contribution in [0.2, 0.25) is 0 Å². The van der Waals surface area contributed by atoms with Crippen LogP contribution in [-0.2, 0) is 23.0 Å². The molecule has 1 aliphatic heterocycles. The van der Waals surface area contributed by atoms with E-state index in [1.807, 2.05) is 12.1 Å². The highest BCUT2D eigenvalue weighted by Gasteiger charge is 2.30. The highest BCUT2D eigenvalue weighted by Crippen LogP contribution is 2.32. The second kappa shape index (κ2) is 8.96. The summed E-state index contributed by atoms with van der Waals surface area (Å²) >= 11 is 0. The number of carbonyl (C=O) groups is 1. The number of rotatable bonds is 7. The number of hydrogen-bond donors (Lipinski definition) is 1. The van der Waals surface area contributed by atoms with Gasteiger partial charge in [0, 0.05) is 24.2 Å². The first-order valence-electron chi connectivity index (χ1n) is 9.88. The first kappa shape index (κ1) is 21.8. The van der Waals surface area contributed by atoms with Crippen LogP contribution in [0.3, 0.4) is 0 Å². The second-order valence-corrected chi connectivity index (χ2v) is 9.01. The van der Waals surface area contributed by atoms with Gasteiger partial charge in [-0.1, -0.05) is 42.5 Å². The van der Waals surface area contributed by atoms with E-state index in [1.54, 1.807) is 30.3 Å². The maximum Gasteiger partial charge on any atom is 0.387 e. The third-order valence-corrected chi connectivity index (χ3v) is 6.97. The minimum absolute atomic E-state index is 0.00304. The molecular weight excluding hydrogens is 438 g/mol. The van der Waals surface area contributed by atoms with Crippen molar-refractivity contribution in [3.63, 3.8) is 0 Å². The van der Waals surface area contributed by atoms with E-state index >= 15 is 0 Å². The van der Waals surface area contributed by atoms with Crippen molar-refractivity contribution < 1.29 is 26.7 Å². The summed E-state index contributed by atoms with van der Waals surface area (Å²) in [6.07, 6.45) is 0.621. The Morgan fingerprint density at radius 2 is 1.78 bits per heavy atom. The molecule has 0 spiro atoms. The Morgan fingerprint density at radius 3 is 2.59 bits per heavy atom. The zero-order valence-electron chi connectivity index (χ0n) is 16.9. The first-order chi connectivity index (χ1) is 15.4. The van der Waals surface area contributed by atoms with Gasteiger partial charge in [-0.25, -0.2) is 8.42 Å². The van der Waals surface area contributed by atoms with Gasteiger partial charge in [-0.3, -0.25) is 9.10 Å². The molecule has 1 amide bonds. The highest BCUT2D eigenvalue weighted by atomic mass is 32.2. The van der Waals surface area contributed by atoms with Crippen molar-refractivity contribution in [2.45, 2.75) is 24.5 Å². The number of hydrogen-bond acceptors (Lipinski definition) is 4. The van der Waals surface area contributed by atoms with Gasteiger partial charge in [0.25, 0.3) is 15.9 Å². The molecule has 1 N–H and O–H groups in total. The van der Waals surface area contributed by atoms with Crippen molar-refractivity contribution in [3.05, 3.63) is 89.5 Å². The molecule has 0 saturated carbocycles. The van der Waals surface area contributed by atoms with E-state index in [0.29, 0.717) is 24.2 Å². The number of benzene rings is 3. The van der Waals surface area contributed by atoms with Gasteiger partial charge in [0.15, 0.2) is 0 Å². The lowest BCUT2D eigenvalue weighted by atomic mass is 10.1. The van der Waals surface area contributed by atoms with E-state index in [4.69, 9.17) is 0 Å². The number of carbonyl (C=O) groups excluding carboxylic acids is 1. The van der Waals surface area contributed by atoms with Crippen LogP contribution in [0.1, 0.15) is 21.5 Å². The van der Waals surface area contributed by atoms with Crippen molar-refractivity contribution in [2.24, 2.45) is 0 Å². The number of fused-ring (bicyclic) bond motifs is 1. The molecule has 0 fully saturated rings. The van der Waals surface area contributed by atoms with Crippen molar-refractivity contribution in [1.82, 2.24) is 5.32 Å².